The first kappa shape index (κ1) is 25.9. The molecule has 0 radical (unpaired) electrons. The van der Waals surface area contributed by atoms with Crippen molar-refractivity contribution in [2.45, 2.75) is 6.04 Å². The molecule has 3 aromatic carbocycles. The van der Waals surface area contributed by atoms with Crippen LogP contribution in [0.5, 0.6) is 0 Å². The lowest BCUT2D eigenvalue weighted by Gasteiger charge is -2.14. The van der Waals surface area contributed by atoms with Gasteiger partial charge in [-0.3, -0.25) is 19.6 Å². The maximum Gasteiger partial charge on any atom is 0.267 e. The summed E-state index contributed by atoms with van der Waals surface area (Å²) >= 11 is 0. The van der Waals surface area contributed by atoms with E-state index in [1.54, 1.807) is 66.7 Å². The number of halogens is 1. The van der Waals surface area contributed by atoms with Crippen molar-refractivity contribution in [1.29, 1.82) is 0 Å². The van der Waals surface area contributed by atoms with E-state index in [-0.39, 0.29) is 24.7 Å². The Morgan fingerprint density at radius 2 is 1.53 bits per heavy atom. The van der Waals surface area contributed by atoms with Crippen molar-refractivity contribution in [3.05, 3.63) is 95.3 Å². The normalized spacial score (nSPS) is 10.9. The molecule has 1 atom stereocenters. The van der Waals surface area contributed by atoms with E-state index in [9.17, 15) is 18.8 Å². The minimum atomic E-state index is -1.06. The fourth-order valence-corrected chi connectivity index (χ4v) is 3.02. The van der Waals surface area contributed by atoms with Crippen LogP contribution in [-0.4, -0.2) is 42.1 Å². The van der Waals surface area contributed by atoms with E-state index in [2.05, 4.69) is 27.8 Å². The maximum atomic E-state index is 13.6. The molecule has 0 aliphatic rings. The molecule has 0 spiro atoms. The third-order valence-corrected chi connectivity index (χ3v) is 4.95. The Labute approximate surface area is 206 Å². The van der Waals surface area contributed by atoms with Crippen molar-refractivity contribution < 1.29 is 24.0 Å². The molecule has 0 aliphatic heterocycles. The summed E-state index contributed by atoms with van der Waals surface area (Å²) in [6.07, 6.45) is 0. The van der Waals surface area contributed by atoms with Crippen LogP contribution in [-0.2, 0) is 9.59 Å². The second kappa shape index (κ2) is 12.7. The highest BCUT2D eigenvalue weighted by atomic mass is 19.1. The number of anilines is 2. The third-order valence-electron chi connectivity index (χ3n) is 4.95. The average molecular weight is 490 g/mol. The first-order chi connectivity index (χ1) is 17.4. The van der Waals surface area contributed by atoms with Crippen LogP contribution in [0.2, 0.25) is 0 Å². The predicted molar refractivity (Wildman–Crippen MR) is 133 cm³/mol. The number of hydroxylamine groups is 1. The first-order valence-corrected chi connectivity index (χ1v) is 10.8. The second-order valence-electron chi connectivity index (χ2n) is 7.52. The van der Waals surface area contributed by atoms with Gasteiger partial charge >= 0.3 is 0 Å². The van der Waals surface area contributed by atoms with Gasteiger partial charge in [-0.1, -0.05) is 24.0 Å². The number of para-hydroxylation sites is 1. The van der Waals surface area contributed by atoms with Gasteiger partial charge in [-0.25, -0.2) is 9.87 Å². The molecule has 3 rings (SSSR count). The number of nitrogens with two attached hydrogens (primary N) is 1. The van der Waals surface area contributed by atoms with Crippen molar-refractivity contribution in [3.63, 3.8) is 0 Å². The SMILES string of the molecule is NC[C@H](NC(=O)c1ccc(C#Cc2ccc(NC(=O)CNc3ccccc3F)cc2)cc1)C(=O)NO. The van der Waals surface area contributed by atoms with E-state index in [4.69, 9.17) is 10.9 Å². The summed E-state index contributed by atoms with van der Waals surface area (Å²) in [6.45, 7) is -0.257. The highest BCUT2D eigenvalue weighted by molar-refractivity contribution is 5.97. The highest BCUT2D eigenvalue weighted by Crippen LogP contribution is 2.13. The van der Waals surface area contributed by atoms with Crippen molar-refractivity contribution in [1.82, 2.24) is 10.8 Å². The Balaban J connectivity index is 1.53. The van der Waals surface area contributed by atoms with Gasteiger partial charge in [0.05, 0.1) is 12.2 Å². The Kier molecular flexibility index (Phi) is 9.11. The lowest BCUT2D eigenvalue weighted by molar-refractivity contribution is -0.130. The monoisotopic (exact) mass is 489 g/mol. The van der Waals surface area contributed by atoms with Gasteiger partial charge in [-0.05, 0) is 60.7 Å². The molecule has 0 bridgehead atoms. The van der Waals surface area contributed by atoms with Gasteiger partial charge < -0.3 is 21.7 Å². The fraction of sp³-hybridized carbons (Fsp3) is 0.115. The van der Waals surface area contributed by atoms with E-state index in [1.165, 1.54) is 11.5 Å². The number of rotatable bonds is 8. The first-order valence-electron chi connectivity index (χ1n) is 10.8. The minimum Gasteiger partial charge on any atom is -0.374 e. The maximum absolute atomic E-state index is 13.6. The summed E-state index contributed by atoms with van der Waals surface area (Å²) < 4.78 is 13.6. The summed E-state index contributed by atoms with van der Waals surface area (Å²) in [7, 11) is 0. The van der Waals surface area contributed by atoms with E-state index < -0.39 is 23.7 Å². The molecule has 0 saturated heterocycles. The Bertz CT molecular complexity index is 1280. The standard InChI is InChI=1S/C26H24FN5O4/c27-21-3-1-2-4-22(21)29-16-24(33)30-20-13-9-18(10-14-20)6-5-17-7-11-19(12-8-17)25(34)31-23(15-28)26(35)32-36/h1-4,7-14,23,29,36H,15-16,28H2,(H,30,33)(H,31,34)(H,32,35)/t23-/m0/s1. The van der Waals surface area contributed by atoms with Crippen LogP contribution in [0.4, 0.5) is 15.8 Å². The van der Waals surface area contributed by atoms with Gasteiger partial charge in [0, 0.05) is 28.9 Å². The lowest BCUT2D eigenvalue weighted by Crippen LogP contribution is -2.50. The second-order valence-corrected chi connectivity index (χ2v) is 7.52. The van der Waals surface area contributed by atoms with E-state index in [1.807, 2.05) is 0 Å². The number of hydrogen-bond donors (Lipinski definition) is 6. The van der Waals surface area contributed by atoms with Gasteiger partial charge in [0.15, 0.2) is 0 Å². The van der Waals surface area contributed by atoms with E-state index in [0.717, 1.165) is 0 Å². The van der Waals surface area contributed by atoms with Crippen LogP contribution in [0.1, 0.15) is 21.5 Å². The molecule has 0 aromatic heterocycles. The molecular weight excluding hydrogens is 465 g/mol. The van der Waals surface area contributed by atoms with Gasteiger partial charge in [0.2, 0.25) is 5.91 Å². The minimum absolute atomic E-state index is 0.0853. The van der Waals surface area contributed by atoms with Crippen LogP contribution < -0.4 is 27.2 Å². The molecule has 0 unspecified atom stereocenters. The van der Waals surface area contributed by atoms with Crippen molar-refractivity contribution >= 4 is 29.1 Å². The smallest absolute Gasteiger partial charge is 0.267 e. The third kappa shape index (κ3) is 7.39. The number of benzene rings is 3. The molecule has 0 saturated carbocycles. The van der Waals surface area contributed by atoms with Gasteiger partial charge in [-0.15, -0.1) is 0 Å². The van der Waals surface area contributed by atoms with Crippen molar-refractivity contribution in [2.24, 2.45) is 5.73 Å². The molecule has 3 aromatic rings. The summed E-state index contributed by atoms with van der Waals surface area (Å²) in [5.74, 6) is 3.89. The number of carbonyl (C=O) groups excluding carboxylic acids is 3. The molecule has 10 heteroatoms. The van der Waals surface area contributed by atoms with E-state index >= 15 is 0 Å². The van der Waals surface area contributed by atoms with Gasteiger partial charge in [0.25, 0.3) is 11.8 Å². The zero-order chi connectivity index (χ0) is 25.9. The lowest BCUT2D eigenvalue weighted by atomic mass is 10.1. The van der Waals surface area contributed by atoms with Gasteiger partial charge in [-0.2, -0.15) is 0 Å². The summed E-state index contributed by atoms with van der Waals surface area (Å²) in [5.41, 5.74) is 9.37. The quantitative estimate of drug-likeness (QED) is 0.162. The molecule has 9 nitrogen and oxygen atoms in total. The molecule has 3 amide bonds. The molecule has 0 heterocycles. The summed E-state index contributed by atoms with van der Waals surface area (Å²) in [6, 6.07) is 18.4. The number of amides is 3. The molecule has 0 aliphatic carbocycles. The predicted octanol–water partition coefficient (Wildman–Crippen LogP) is 1.84. The molecular formula is C26H24FN5O4. The highest BCUT2D eigenvalue weighted by Gasteiger charge is 2.19. The average Bonchev–Trinajstić information content (AvgIpc) is 2.90. The Morgan fingerprint density at radius 1 is 0.917 bits per heavy atom. The topological polar surface area (TPSA) is 146 Å². The Morgan fingerprint density at radius 3 is 2.11 bits per heavy atom. The fourth-order valence-electron chi connectivity index (χ4n) is 3.02. The number of nitrogens with one attached hydrogen (secondary N) is 4. The van der Waals surface area contributed by atoms with Crippen molar-refractivity contribution in [3.8, 4) is 11.8 Å². The van der Waals surface area contributed by atoms with Crippen LogP contribution >= 0.6 is 0 Å². The van der Waals surface area contributed by atoms with Crippen LogP contribution in [0.25, 0.3) is 0 Å². The molecule has 36 heavy (non-hydrogen) atoms. The molecule has 184 valence electrons. The van der Waals surface area contributed by atoms with Crippen LogP contribution in [0.3, 0.4) is 0 Å². The van der Waals surface area contributed by atoms with Crippen LogP contribution in [0, 0.1) is 17.7 Å². The summed E-state index contributed by atoms with van der Waals surface area (Å²) in [5, 5.41) is 16.6. The molecule has 0 fully saturated rings. The van der Waals surface area contributed by atoms with E-state index in [0.29, 0.717) is 22.4 Å². The summed E-state index contributed by atoms with van der Waals surface area (Å²) in [4.78, 5) is 35.8. The zero-order valence-corrected chi connectivity index (χ0v) is 19.0. The van der Waals surface area contributed by atoms with Crippen LogP contribution in [0.15, 0.2) is 72.8 Å². The largest absolute Gasteiger partial charge is 0.374 e. The van der Waals surface area contributed by atoms with Gasteiger partial charge in [0.1, 0.15) is 11.9 Å². The molecule has 7 N–H and O–H groups in total. The zero-order valence-electron chi connectivity index (χ0n) is 19.0. The number of hydrogen-bond acceptors (Lipinski definition) is 6. The Hall–Kier alpha value is -4.72. The number of carbonyl (C=O) groups is 3. The van der Waals surface area contributed by atoms with Crippen molar-refractivity contribution in [2.75, 3.05) is 23.7 Å².